The number of benzene rings is 2. The molecule has 0 unspecified atom stereocenters. The molecule has 0 saturated heterocycles. The molecule has 0 heterocycles. The molecule has 0 saturated carbocycles. The summed E-state index contributed by atoms with van der Waals surface area (Å²) in [6.45, 7) is 7.42. The van der Waals surface area contributed by atoms with Crippen LogP contribution >= 0.6 is 0 Å². The van der Waals surface area contributed by atoms with Gasteiger partial charge in [-0.05, 0) is 62.6 Å². The van der Waals surface area contributed by atoms with Gasteiger partial charge in [0.15, 0.2) is 6.61 Å². The van der Waals surface area contributed by atoms with E-state index in [1.54, 1.807) is 12.1 Å². The fourth-order valence-electron chi connectivity index (χ4n) is 2.53. The topological polar surface area (TPSA) is 52.6 Å². The smallest absolute Gasteiger partial charge is 0.342 e. The van der Waals surface area contributed by atoms with Gasteiger partial charge in [0.1, 0.15) is 11.3 Å². The molecule has 24 heavy (non-hydrogen) atoms. The van der Waals surface area contributed by atoms with Gasteiger partial charge in [-0.3, -0.25) is 4.79 Å². The molecule has 0 atom stereocenters. The Kier molecular flexibility index (Phi) is 5.39. The summed E-state index contributed by atoms with van der Waals surface area (Å²) in [5.41, 5.74) is 4.87. The Morgan fingerprint density at radius 1 is 0.875 bits per heavy atom. The third kappa shape index (κ3) is 3.82. The number of hydrogen-bond acceptors (Lipinski definition) is 4. The van der Waals surface area contributed by atoms with Crippen molar-refractivity contribution in [1.82, 2.24) is 0 Å². The van der Waals surface area contributed by atoms with Crippen LogP contribution in [0.5, 0.6) is 5.75 Å². The van der Waals surface area contributed by atoms with Gasteiger partial charge in [0.2, 0.25) is 5.78 Å². The molecule has 0 aliphatic rings. The van der Waals surface area contributed by atoms with Crippen LogP contribution in [0.3, 0.4) is 0 Å². The number of aryl methyl sites for hydroxylation is 4. The van der Waals surface area contributed by atoms with E-state index in [2.05, 4.69) is 0 Å². The number of ether oxygens (including phenoxy) is 2. The number of carbonyl (C=O) groups is 2. The zero-order valence-corrected chi connectivity index (χ0v) is 14.7. The average Bonchev–Trinajstić information content (AvgIpc) is 2.55. The number of Topliss-reactive ketones (excluding diaryl/α,β-unsaturated/α-hetero) is 1. The molecule has 2 aromatic rings. The van der Waals surface area contributed by atoms with Crippen LogP contribution in [0, 0.1) is 27.7 Å². The van der Waals surface area contributed by atoms with Gasteiger partial charge in [0.05, 0.1) is 7.11 Å². The molecular formula is C20H22O4. The number of ketones is 1. The first-order valence-corrected chi connectivity index (χ1v) is 7.76. The molecule has 0 radical (unpaired) electrons. The minimum absolute atomic E-state index is 0.212. The fourth-order valence-corrected chi connectivity index (χ4v) is 2.53. The highest BCUT2D eigenvalue weighted by Crippen LogP contribution is 2.21. The lowest BCUT2D eigenvalue weighted by molar-refractivity contribution is 0.0471. The third-order valence-corrected chi connectivity index (χ3v) is 4.05. The number of hydrogen-bond donors (Lipinski definition) is 0. The maximum absolute atomic E-state index is 12.4. The van der Waals surface area contributed by atoms with Gasteiger partial charge in [0.25, 0.3) is 0 Å². The highest BCUT2D eigenvalue weighted by molar-refractivity contribution is 6.01. The Morgan fingerprint density at radius 2 is 1.54 bits per heavy atom. The normalized spacial score (nSPS) is 10.4. The van der Waals surface area contributed by atoms with Gasteiger partial charge >= 0.3 is 5.97 Å². The lowest BCUT2D eigenvalue weighted by Crippen LogP contribution is -2.16. The summed E-state index contributed by atoms with van der Waals surface area (Å²) < 4.78 is 10.4. The zero-order valence-electron chi connectivity index (χ0n) is 14.7. The summed E-state index contributed by atoms with van der Waals surface area (Å²) in [5.74, 6) is -0.346. The van der Waals surface area contributed by atoms with Crippen LogP contribution in [0.4, 0.5) is 0 Å². The van der Waals surface area contributed by atoms with Crippen molar-refractivity contribution in [3.05, 3.63) is 63.7 Å². The van der Waals surface area contributed by atoms with E-state index in [0.29, 0.717) is 16.9 Å². The molecule has 4 heteroatoms. The van der Waals surface area contributed by atoms with Crippen LogP contribution in [0.15, 0.2) is 30.3 Å². The van der Waals surface area contributed by atoms with Crippen molar-refractivity contribution in [2.45, 2.75) is 27.7 Å². The quantitative estimate of drug-likeness (QED) is 0.616. The number of rotatable bonds is 5. The van der Waals surface area contributed by atoms with E-state index in [0.717, 1.165) is 22.3 Å². The zero-order chi connectivity index (χ0) is 17.9. The minimum Gasteiger partial charge on any atom is -0.496 e. The van der Waals surface area contributed by atoms with Gasteiger partial charge in [-0.1, -0.05) is 17.7 Å². The van der Waals surface area contributed by atoms with Crippen LogP contribution in [0.25, 0.3) is 0 Å². The van der Waals surface area contributed by atoms with Gasteiger partial charge in [-0.2, -0.15) is 0 Å². The number of methoxy groups -OCH3 is 1. The summed E-state index contributed by atoms with van der Waals surface area (Å²) in [5, 5.41) is 0. The summed E-state index contributed by atoms with van der Waals surface area (Å²) in [7, 11) is 1.49. The Bertz CT molecular complexity index is 790. The molecule has 0 aliphatic carbocycles. The van der Waals surface area contributed by atoms with Gasteiger partial charge in [-0.15, -0.1) is 0 Å². The van der Waals surface area contributed by atoms with Crippen molar-refractivity contribution >= 4 is 11.8 Å². The van der Waals surface area contributed by atoms with Gasteiger partial charge < -0.3 is 9.47 Å². The summed E-state index contributed by atoms with van der Waals surface area (Å²) in [6, 6.07) is 9.05. The van der Waals surface area contributed by atoms with Crippen LogP contribution in [0.1, 0.15) is 43.0 Å². The van der Waals surface area contributed by atoms with Crippen molar-refractivity contribution in [2.24, 2.45) is 0 Å². The SMILES string of the molecule is COc1ccc(C)cc1C(=O)OCC(=O)c1cc(C)c(C)cc1C. The monoisotopic (exact) mass is 326 g/mol. The second-order valence-corrected chi connectivity index (χ2v) is 5.95. The summed E-state index contributed by atoms with van der Waals surface area (Å²) in [6.07, 6.45) is 0. The summed E-state index contributed by atoms with van der Waals surface area (Å²) >= 11 is 0. The van der Waals surface area contributed by atoms with E-state index in [1.165, 1.54) is 7.11 Å². The molecule has 0 aliphatic heterocycles. The van der Waals surface area contributed by atoms with E-state index in [1.807, 2.05) is 45.9 Å². The van der Waals surface area contributed by atoms with Gasteiger partial charge in [-0.25, -0.2) is 4.79 Å². The molecule has 0 aromatic heterocycles. The number of esters is 1. The average molecular weight is 326 g/mol. The van der Waals surface area contributed by atoms with Crippen LogP contribution in [-0.2, 0) is 4.74 Å². The molecule has 2 aromatic carbocycles. The molecule has 0 amide bonds. The van der Waals surface area contributed by atoms with Crippen molar-refractivity contribution < 1.29 is 19.1 Å². The molecule has 4 nitrogen and oxygen atoms in total. The minimum atomic E-state index is -0.564. The largest absolute Gasteiger partial charge is 0.496 e. The summed E-state index contributed by atoms with van der Waals surface area (Å²) in [4.78, 5) is 24.6. The molecule has 0 bridgehead atoms. The van der Waals surface area contributed by atoms with E-state index in [9.17, 15) is 9.59 Å². The Morgan fingerprint density at radius 3 is 2.21 bits per heavy atom. The second-order valence-electron chi connectivity index (χ2n) is 5.95. The van der Waals surface area contributed by atoms with Crippen molar-refractivity contribution in [3.8, 4) is 5.75 Å². The third-order valence-electron chi connectivity index (χ3n) is 4.05. The van der Waals surface area contributed by atoms with E-state index in [4.69, 9.17) is 9.47 Å². The first-order chi connectivity index (χ1) is 11.3. The predicted octanol–water partition coefficient (Wildman–Crippen LogP) is 3.97. The Balaban J connectivity index is 2.13. The Labute approximate surface area is 142 Å². The van der Waals surface area contributed by atoms with E-state index < -0.39 is 5.97 Å². The molecule has 0 N–H and O–H groups in total. The molecule has 126 valence electrons. The second kappa shape index (κ2) is 7.30. The highest BCUT2D eigenvalue weighted by Gasteiger charge is 2.17. The lowest BCUT2D eigenvalue weighted by Gasteiger charge is -2.11. The van der Waals surface area contributed by atoms with Gasteiger partial charge in [0, 0.05) is 5.56 Å². The lowest BCUT2D eigenvalue weighted by atomic mass is 9.98. The molecule has 0 spiro atoms. The van der Waals surface area contributed by atoms with Crippen molar-refractivity contribution in [2.75, 3.05) is 13.7 Å². The van der Waals surface area contributed by atoms with Crippen LogP contribution in [0.2, 0.25) is 0 Å². The molecule has 0 fully saturated rings. The first kappa shape index (κ1) is 17.7. The maximum Gasteiger partial charge on any atom is 0.342 e. The molecular weight excluding hydrogens is 304 g/mol. The maximum atomic E-state index is 12.4. The van der Waals surface area contributed by atoms with Crippen molar-refractivity contribution in [3.63, 3.8) is 0 Å². The number of carbonyl (C=O) groups excluding carboxylic acids is 2. The van der Waals surface area contributed by atoms with Crippen LogP contribution in [-0.4, -0.2) is 25.5 Å². The predicted molar refractivity (Wildman–Crippen MR) is 93.0 cm³/mol. The van der Waals surface area contributed by atoms with E-state index >= 15 is 0 Å². The van der Waals surface area contributed by atoms with Crippen molar-refractivity contribution in [1.29, 1.82) is 0 Å². The Hall–Kier alpha value is -2.62. The van der Waals surface area contributed by atoms with Crippen LogP contribution < -0.4 is 4.74 Å². The standard InChI is InChI=1S/C20H22O4/c1-12-6-7-19(23-5)17(8-12)20(22)24-11-18(21)16-10-14(3)13(2)9-15(16)4/h6-10H,11H2,1-5H3. The first-order valence-electron chi connectivity index (χ1n) is 7.76. The fraction of sp³-hybridized carbons (Fsp3) is 0.300. The molecule has 2 rings (SSSR count). The highest BCUT2D eigenvalue weighted by atomic mass is 16.5. The van der Waals surface area contributed by atoms with E-state index in [-0.39, 0.29) is 12.4 Å².